The molecule has 0 aliphatic heterocycles. The molecule has 2 aliphatic rings. The van der Waals surface area contributed by atoms with Crippen molar-refractivity contribution in [2.75, 3.05) is 0 Å². The zero-order chi connectivity index (χ0) is 8.44. The highest BCUT2D eigenvalue weighted by atomic mass is 16.1. The van der Waals surface area contributed by atoms with Crippen LogP contribution >= 0.6 is 0 Å². The van der Waals surface area contributed by atoms with Crippen molar-refractivity contribution in [3.05, 3.63) is 0 Å². The second kappa shape index (κ2) is 3.02. The Kier molecular flexibility index (Phi) is 2.02. The average Bonchev–Trinajstić information content (AvgIpc) is 2.34. The number of isocyanates is 1. The summed E-state index contributed by atoms with van der Waals surface area (Å²) in [5.74, 6) is 0.710. The van der Waals surface area contributed by atoms with E-state index < -0.39 is 0 Å². The standard InChI is InChI=1S/C10H15NO/c12-8-11-10(6-1-2-7-10)9-4-3-5-9/h9H,1-7H2. The molecule has 0 saturated heterocycles. The zero-order valence-corrected chi connectivity index (χ0v) is 7.38. The maximum Gasteiger partial charge on any atom is 0.235 e. The summed E-state index contributed by atoms with van der Waals surface area (Å²) < 4.78 is 0. The topological polar surface area (TPSA) is 29.4 Å². The van der Waals surface area contributed by atoms with Crippen molar-refractivity contribution in [1.29, 1.82) is 0 Å². The van der Waals surface area contributed by atoms with Crippen molar-refractivity contribution < 1.29 is 4.79 Å². The van der Waals surface area contributed by atoms with Gasteiger partial charge in [0.25, 0.3) is 0 Å². The molecule has 0 heterocycles. The van der Waals surface area contributed by atoms with Crippen LogP contribution in [0.5, 0.6) is 0 Å². The molecule has 0 aromatic rings. The monoisotopic (exact) mass is 165 g/mol. The minimum Gasteiger partial charge on any atom is -0.211 e. The number of nitrogens with zero attached hydrogens (tertiary/aromatic N) is 1. The van der Waals surface area contributed by atoms with Crippen molar-refractivity contribution in [2.24, 2.45) is 10.9 Å². The third kappa shape index (κ3) is 1.11. The van der Waals surface area contributed by atoms with Crippen LogP contribution in [0.2, 0.25) is 0 Å². The fraction of sp³-hybridized carbons (Fsp3) is 0.900. The van der Waals surface area contributed by atoms with Crippen LogP contribution in [0, 0.1) is 5.92 Å². The average molecular weight is 165 g/mol. The number of carbonyl (C=O) groups excluding carboxylic acids is 1. The Labute approximate surface area is 73.1 Å². The molecule has 2 saturated carbocycles. The molecule has 2 rings (SSSR count). The Bertz CT molecular complexity index is 208. The molecule has 12 heavy (non-hydrogen) atoms. The summed E-state index contributed by atoms with van der Waals surface area (Å²) in [6.45, 7) is 0. The van der Waals surface area contributed by atoms with Crippen molar-refractivity contribution >= 4 is 6.08 Å². The van der Waals surface area contributed by atoms with Gasteiger partial charge in [-0.3, -0.25) is 0 Å². The zero-order valence-electron chi connectivity index (χ0n) is 7.38. The Hall–Kier alpha value is -0.620. The number of rotatable bonds is 2. The van der Waals surface area contributed by atoms with Gasteiger partial charge in [0.1, 0.15) is 0 Å². The number of aliphatic imine (C=N–C) groups is 1. The normalized spacial score (nSPS) is 27.7. The molecule has 0 aromatic heterocycles. The highest BCUT2D eigenvalue weighted by Crippen LogP contribution is 2.47. The van der Waals surface area contributed by atoms with Crippen LogP contribution in [0.25, 0.3) is 0 Å². The van der Waals surface area contributed by atoms with E-state index in [1.807, 2.05) is 0 Å². The van der Waals surface area contributed by atoms with Gasteiger partial charge >= 0.3 is 0 Å². The summed E-state index contributed by atoms with van der Waals surface area (Å²) in [5, 5.41) is 0. The van der Waals surface area contributed by atoms with Crippen molar-refractivity contribution in [3.63, 3.8) is 0 Å². The van der Waals surface area contributed by atoms with Gasteiger partial charge in [0, 0.05) is 0 Å². The van der Waals surface area contributed by atoms with E-state index in [1.165, 1.54) is 32.1 Å². The van der Waals surface area contributed by atoms with E-state index >= 15 is 0 Å². The van der Waals surface area contributed by atoms with E-state index in [9.17, 15) is 4.79 Å². The Morgan fingerprint density at radius 2 is 1.83 bits per heavy atom. The van der Waals surface area contributed by atoms with Gasteiger partial charge in [-0.1, -0.05) is 19.3 Å². The molecule has 0 radical (unpaired) electrons. The van der Waals surface area contributed by atoms with E-state index in [1.54, 1.807) is 6.08 Å². The minimum atomic E-state index is 0.0417. The quantitative estimate of drug-likeness (QED) is 0.456. The Morgan fingerprint density at radius 3 is 2.25 bits per heavy atom. The van der Waals surface area contributed by atoms with Gasteiger partial charge in [-0.25, -0.2) is 4.79 Å². The maximum absolute atomic E-state index is 10.3. The van der Waals surface area contributed by atoms with E-state index in [2.05, 4.69) is 4.99 Å². The lowest BCUT2D eigenvalue weighted by Gasteiger charge is -2.38. The Morgan fingerprint density at radius 1 is 1.17 bits per heavy atom. The SMILES string of the molecule is O=C=NC1(C2CCC2)CCCC1. The third-order valence-corrected chi connectivity index (χ3v) is 3.60. The smallest absolute Gasteiger partial charge is 0.211 e. The molecule has 2 fully saturated rings. The summed E-state index contributed by atoms with van der Waals surface area (Å²) in [6.07, 6.45) is 10.4. The van der Waals surface area contributed by atoms with Crippen molar-refractivity contribution in [2.45, 2.75) is 50.5 Å². The molecular weight excluding hydrogens is 150 g/mol. The van der Waals surface area contributed by atoms with Crippen LogP contribution in [0.4, 0.5) is 0 Å². The van der Waals surface area contributed by atoms with Crippen LogP contribution in [0.15, 0.2) is 4.99 Å². The number of hydrogen-bond donors (Lipinski definition) is 0. The highest BCUT2D eigenvalue weighted by molar-refractivity contribution is 5.35. The second-order valence-electron chi connectivity index (χ2n) is 4.14. The molecule has 2 heteroatoms. The van der Waals surface area contributed by atoms with Crippen LogP contribution in [-0.2, 0) is 4.79 Å². The maximum atomic E-state index is 10.3. The van der Waals surface area contributed by atoms with Gasteiger partial charge in [-0.15, -0.1) is 0 Å². The lowest BCUT2D eigenvalue weighted by atomic mass is 9.70. The second-order valence-corrected chi connectivity index (χ2v) is 4.14. The molecule has 0 atom stereocenters. The lowest BCUT2D eigenvalue weighted by molar-refractivity contribution is 0.173. The summed E-state index contributed by atoms with van der Waals surface area (Å²) in [5.41, 5.74) is 0.0417. The summed E-state index contributed by atoms with van der Waals surface area (Å²) in [7, 11) is 0. The molecule has 0 amide bonds. The predicted molar refractivity (Wildman–Crippen MR) is 46.7 cm³/mol. The predicted octanol–water partition coefficient (Wildman–Crippen LogP) is 2.44. The van der Waals surface area contributed by atoms with Crippen LogP contribution in [-0.4, -0.2) is 11.6 Å². The van der Waals surface area contributed by atoms with E-state index in [0.717, 1.165) is 12.8 Å². The fourth-order valence-electron chi connectivity index (χ4n) is 2.64. The van der Waals surface area contributed by atoms with Gasteiger partial charge in [0.15, 0.2) is 0 Å². The first-order valence-corrected chi connectivity index (χ1v) is 4.96. The first kappa shape index (κ1) is 8.00. The highest BCUT2D eigenvalue weighted by Gasteiger charge is 2.43. The van der Waals surface area contributed by atoms with Crippen LogP contribution in [0.3, 0.4) is 0 Å². The number of hydrogen-bond acceptors (Lipinski definition) is 2. The summed E-state index contributed by atoms with van der Waals surface area (Å²) in [6, 6.07) is 0. The van der Waals surface area contributed by atoms with E-state index in [0.29, 0.717) is 5.92 Å². The fourth-order valence-corrected chi connectivity index (χ4v) is 2.64. The van der Waals surface area contributed by atoms with E-state index in [-0.39, 0.29) is 5.54 Å². The molecule has 2 nitrogen and oxygen atoms in total. The van der Waals surface area contributed by atoms with Crippen molar-refractivity contribution in [3.8, 4) is 0 Å². The van der Waals surface area contributed by atoms with Crippen LogP contribution < -0.4 is 0 Å². The van der Waals surface area contributed by atoms with Gasteiger partial charge in [0.2, 0.25) is 6.08 Å². The van der Waals surface area contributed by atoms with Gasteiger partial charge < -0.3 is 0 Å². The third-order valence-electron chi connectivity index (χ3n) is 3.60. The summed E-state index contributed by atoms with van der Waals surface area (Å²) >= 11 is 0. The van der Waals surface area contributed by atoms with Crippen LogP contribution in [0.1, 0.15) is 44.9 Å². The molecule has 0 spiro atoms. The van der Waals surface area contributed by atoms with Gasteiger partial charge in [-0.2, -0.15) is 4.99 Å². The largest absolute Gasteiger partial charge is 0.235 e. The van der Waals surface area contributed by atoms with Gasteiger partial charge in [0.05, 0.1) is 5.54 Å². The van der Waals surface area contributed by atoms with Gasteiger partial charge in [-0.05, 0) is 31.6 Å². The molecule has 0 N–H and O–H groups in total. The van der Waals surface area contributed by atoms with Crippen molar-refractivity contribution in [1.82, 2.24) is 0 Å². The molecule has 66 valence electrons. The Balaban J connectivity index is 2.14. The molecule has 0 aromatic carbocycles. The first-order valence-electron chi connectivity index (χ1n) is 4.96. The van der Waals surface area contributed by atoms with E-state index in [4.69, 9.17) is 0 Å². The lowest BCUT2D eigenvalue weighted by Crippen LogP contribution is -2.37. The minimum absolute atomic E-state index is 0.0417. The first-order chi connectivity index (χ1) is 5.87. The summed E-state index contributed by atoms with van der Waals surface area (Å²) in [4.78, 5) is 14.4. The molecule has 2 aliphatic carbocycles. The molecule has 0 bridgehead atoms. The molecule has 0 unspecified atom stereocenters. The molecular formula is C10H15NO.